The standard InChI is InChI=1S/C20H24N4O2.2ClH/c25-18(24-16-9-3-6-13-7-4-10-21-19(13)16)12-22-20(26)17-11-14-5-1-2-8-15(14)23-17;;/h3-4,6-7,9-10,14-15,17,23H,1-2,5,8,11-12H2,(H,22,26)(H,24,25);2*1H. The first-order chi connectivity index (χ1) is 12.7. The van der Waals surface area contributed by atoms with Crippen molar-refractivity contribution in [2.75, 3.05) is 11.9 Å². The van der Waals surface area contributed by atoms with Gasteiger partial charge in [-0.15, -0.1) is 24.8 Å². The molecule has 4 rings (SSSR count). The summed E-state index contributed by atoms with van der Waals surface area (Å²) in [6.45, 7) is -0.0322. The number of halogens is 2. The number of para-hydroxylation sites is 1. The molecule has 1 aromatic heterocycles. The molecule has 2 aliphatic rings. The summed E-state index contributed by atoms with van der Waals surface area (Å²) >= 11 is 0. The maximum Gasteiger partial charge on any atom is 0.243 e. The van der Waals surface area contributed by atoms with Gasteiger partial charge in [-0.05, 0) is 37.3 Å². The molecule has 2 heterocycles. The molecule has 1 saturated carbocycles. The predicted molar refractivity (Wildman–Crippen MR) is 115 cm³/mol. The van der Waals surface area contributed by atoms with Gasteiger partial charge in [0.2, 0.25) is 11.8 Å². The van der Waals surface area contributed by atoms with E-state index < -0.39 is 0 Å². The number of nitrogens with zero attached hydrogens (tertiary/aromatic N) is 1. The van der Waals surface area contributed by atoms with E-state index in [1.807, 2.05) is 30.3 Å². The molecule has 3 unspecified atom stereocenters. The molecule has 2 amide bonds. The molecule has 2 aromatic rings. The molecule has 0 spiro atoms. The molecule has 8 heteroatoms. The summed E-state index contributed by atoms with van der Waals surface area (Å²) in [7, 11) is 0. The van der Waals surface area contributed by atoms with Crippen LogP contribution in [0.5, 0.6) is 0 Å². The van der Waals surface area contributed by atoms with Gasteiger partial charge in [0.15, 0.2) is 0 Å². The van der Waals surface area contributed by atoms with Gasteiger partial charge in [-0.25, -0.2) is 0 Å². The van der Waals surface area contributed by atoms with Gasteiger partial charge in [-0.3, -0.25) is 14.6 Å². The summed E-state index contributed by atoms with van der Waals surface area (Å²) in [6.07, 6.45) is 7.44. The molecule has 6 nitrogen and oxygen atoms in total. The van der Waals surface area contributed by atoms with Gasteiger partial charge in [-0.1, -0.05) is 31.0 Å². The molecule has 28 heavy (non-hydrogen) atoms. The predicted octanol–water partition coefficient (Wildman–Crippen LogP) is 3.05. The molecule has 1 aromatic carbocycles. The minimum Gasteiger partial charge on any atom is -0.346 e. The first-order valence-corrected chi connectivity index (χ1v) is 9.38. The Labute approximate surface area is 177 Å². The topological polar surface area (TPSA) is 83.1 Å². The van der Waals surface area contributed by atoms with Crippen molar-refractivity contribution in [1.29, 1.82) is 0 Å². The molecular formula is C20H26Cl2N4O2. The largest absolute Gasteiger partial charge is 0.346 e. The van der Waals surface area contributed by atoms with E-state index in [-0.39, 0.29) is 49.2 Å². The van der Waals surface area contributed by atoms with Crippen molar-refractivity contribution in [3.63, 3.8) is 0 Å². The zero-order valence-electron chi connectivity index (χ0n) is 15.5. The van der Waals surface area contributed by atoms with Crippen molar-refractivity contribution in [2.24, 2.45) is 5.92 Å². The van der Waals surface area contributed by atoms with Crippen molar-refractivity contribution >= 4 is 53.2 Å². The maximum absolute atomic E-state index is 12.4. The lowest BCUT2D eigenvalue weighted by Crippen LogP contribution is -2.45. The molecular weight excluding hydrogens is 399 g/mol. The van der Waals surface area contributed by atoms with E-state index >= 15 is 0 Å². The number of rotatable bonds is 4. The summed E-state index contributed by atoms with van der Waals surface area (Å²) in [4.78, 5) is 29.0. The Morgan fingerprint density at radius 2 is 1.89 bits per heavy atom. The van der Waals surface area contributed by atoms with Gasteiger partial charge in [0.05, 0.1) is 23.8 Å². The summed E-state index contributed by atoms with van der Waals surface area (Å²) in [5.41, 5.74) is 1.41. The van der Waals surface area contributed by atoms with E-state index in [9.17, 15) is 9.59 Å². The fourth-order valence-corrected chi connectivity index (χ4v) is 4.21. The number of carbonyl (C=O) groups is 2. The number of carbonyl (C=O) groups excluding carboxylic acids is 2. The zero-order valence-corrected chi connectivity index (χ0v) is 17.2. The highest BCUT2D eigenvalue weighted by Crippen LogP contribution is 2.33. The number of pyridine rings is 1. The van der Waals surface area contributed by atoms with Crippen LogP contribution in [-0.4, -0.2) is 35.4 Å². The molecule has 2 fully saturated rings. The quantitative estimate of drug-likeness (QED) is 0.703. The third kappa shape index (κ3) is 4.93. The molecule has 3 N–H and O–H groups in total. The monoisotopic (exact) mass is 424 g/mol. The lowest BCUT2D eigenvalue weighted by atomic mass is 9.85. The van der Waals surface area contributed by atoms with Crippen LogP contribution < -0.4 is 16.0 Å². The SMILES string of the molecule is Cl.Cl.O=C(CNC(=O)C1CC2CCCCC2N1)Nc1cccc2cccnc12. The second-order valence-corrected chi connectivity index (χ2v) is 7.25. The van der Waals surface area contributed by atoms with Crippen LogP contribution in [0.25, 0.3) is 10.9 Å². The van der Waals surface area contributed by atoms with Gasteiger partial charge in [-0.2, -0.15) is 0 Å². The Bertz CT molecular complexity index is 813. The zero-order chi connectivity index (χ0) is 17.9. The first kappa shape index (κ1) is 22.4. The highest BCUT2D eigenvalue weighted by molar-refractivity contribution is 6.02. The van der Waals surface area contributed by atoms with Crippen molar-refractivity contribution in [1.82, 2.24) is 15.6 Å². The van der Waals surface area contributed by atoms with Crippen LogP contribution in [0.4, 0.5) is 5.69 Å². The molecule has 1 aliphatic carbocycles. The van der Waals surface area contributed by atoms with Crippen molar-refractivity contribution in [3.05, 3.63) is 36.5 Å². The van der Waals surface area contributed by atoms with Crippen LogP contribution >= 0.6 is 24.8 Å². The van der Waals surface area contributed by atoms with Crippen molar-refractivity contribution in [3.8, 4) is 0 Å². The number of benzene rings is 1. The van der Waals surface area contributed by atoms with Gasteiger partial charge < -0.3 is 16.0 Å². The van der Waals surface area contributed by atoms with Crippen LogP contribution in [0.2, 0.25) is 0 Å². The van der Waals surface area contributed by atoms with Crippen molar-refractivity contribution in [2.45, 2.75) is 44.2 Å². The van der Waals surface area contributed by atoms with E-state index in [1.165, 1.54) is 19.3 Å². The van der Waals surface area contributed by atoms with Gasteiger partial charge >= 0.3 is 0 Å². The van der Waals surface area contributed by atoms with E-state index in [2.05, 4.69) is 20.9 Å². The number of hydrogen-bond donors (Lipinski definition) is 3. The van der Waals surface area contributed by atoms with Crippen LogP contribution in [-0.2, 0) is 9.59 Å². The number of fused-ring (bicyclic) bond motifs is 2. The Kier molecular flexibility index (Phi) is 8.04. The summed E-state index contributed by atoms with van der Waals surface area (Å²) in [6, 6.07) is 9.75. The fraction of sp³-hybridized carbons (Fsp3) is 0.450. The molecule has 0 bridgehead atoms. The van der Waals surface area contributed by atoms with Crippen LogP contribution in [0.3, 0.4) is 0 Å². The lowest BCUT2D eigenvalue weighted by Gasteiger charge is -2.24. The van der Waals surface area contributed by atoms with E-state index in [0.717, 1.165) is 23.7 Å². The average Bonchev–Trinajstić information content (AvgIpc) is 3.11. The van der Waals surface area contributed by atoms with Crippen LogP contribution in [0.15, 0.2) is 36.5 Å². The van der Waals surface area contributed by atoms with Gasteiger partial charge in [0.25, 0.3) is 0 Å². The summed E-state index contributed by atoms with van der Waals surface area (Å²) < 4.78 is 0. The summed E-state index contributed by atoms with van der Waals surface area (Å²) in [5.74, 6) is 0.285. The summed E-state index contributed by atoms with van der Waals surface area (Å²) in [5, 5.41) is 10.0. The molecule has 152 valence electrons. The molecule has 1 saturated heterocycles. The molecule has 3 atom stereocenters. The third-order valence-electron chi connectivity index (χ3n) is 5.51. The second kappa shape index (κ2) is 10.0. The van der Waals surface area contributed by atoms with Gasteiger partial charge in [0, 0.05) is 17.6 Å². The highest BCUT2D eigenvalue weighted by atomic mass is 35.5. The highest BCUT2D eigenvalue weighted by Gasteiger charge is 2.38. The first-order valence-electron chi connectivity index (χ1n) is 9.38. The Morgan fingerprint density at radius 3 is 2.71 bits per heavy atom. The minimum atomic E-state index is -0.244. The Hall–Kier alpha value is -1.89. The Morgan fingerprint density at radius 1 is 1.11 bits per heavy atom. The van der Waals surface area contributed by atoms with E-state index in [0.29, 0.717) is 17.6 Å². The number of anilines is 1. The van der Waals surface area contributed by atoms with Crippen LogP contribution in [0.1, 0.15) is 32.1 Å². The smallest absolute Gasteiger partial charge is 0.243 e. The Balaban J connectivity index is 0.00000140. The number of aromatic nitrogens is 1. The number of amides is 2. The normalized spacial score (nSPS) is 23.1. The number of hydrogen-bond acceptors (Lipinski definition) is 4. The van der Waals surface area contributed by atoms with E-state index in [1.54, 1.807) is 6.20 Å². The lowest BCUT2D eigenvalue weighted by molar-refractivity contribution is -0.125. The molecule has 1 aliphatic heterocycles. The molecule has 0 radical (unpaired) electrons. The average molecular weight is 425 g/mol. The third-order valence-corrected chi connectivity index (χ3v) is 5.51. The second-order valence-electron chi connectivity index (χ2n) is 7.25. The minimum absolute atomic E-state index is 0. The van der Waals surface area contributed by atoms with E-state index in [4.69, 9.17) is 0 Å². The van der Waals surface area contributed by atoms with Crippen LogP contribution in [0, 0.1) is 5.92 Å². The van der Waals surface area contributed by atoms with Gasteiger partial charge in [0.1, 0.15) is 0 Å². The van der Waals surface area contributed by atoms with Crippen molar-refractivity contribution < 1.29 is 9.59 Å². The number of nitrogens with one attached hydrogen (secondary N) is 3. The maximum atomic E-state index is 12.4. The fourth-order valence-electron chi connectivity index (χ4n) is 4.21.